The van der Waals surface area contributed by atoms with Crippen LogP contribution in [-0.4, -0.2) is 27.9 Å². The first-order chi connectivity index (χ1) is 8.78. The van der Waals surface area contributed by atoms with E-state index in [9.17, 15) is 0 Å². The standard InChI is InChI=1S/C12H15N5S/c1-18-11-14-8-9(7-13)10-15-12(16-17(10)11)5-3-2-4-6-12/h8,16H,2-6H2,1H3. The lowest BCUT2D eigenvalue weighted by Crippen LogP contribution is -2.51. The van der Waals surface area contributed by atoms with Crippen LogP contribution in [0.2, 0.25) is 0 Å². The predicted molar refractivity (Wildman–Crippen MR) is 72.9 cm³/mol. The topological polar surface area (TPSA) is 63.8 Å². The Hall–Kier alpha value is -1.32. The number of amidine groups is 2. The van der Waals surface area contributed by atoms with Crippen LogP contribution in [0.15, 0.2) is 21.8 Å². The third-order valence-electron chi connectivity index (χ3n) is 3.57. The van der Waals surface area contributed by atoms with Crippen molar-refractivity contribution < 1.29 is 0 Å². The van der Waals surface area contributed by atoms with E-state index < -0.39 is 0 Å². The highest BCUT2D eigenvalue weighted by Gasteiger charge is 2.43. The second-order valence-corrected chi connectivity index (χ2v) is 5.52. The van der Waals surface area contributed by atoms with Gasteiger partial charge in [-0.15, -0.1) is 0 Å². The molecule has 6 heteroatoms. The minimum atomic E-state index is -0.204. The molecule has 18 heavy (non-hydrogen) atoms. The van der Waals surface area contributed by atoms with Gasteiger partial charge in [-0.05, 0) is 31.9 Å². The van der Waals surface area contributed by atoms with E-state index in [1.807, 2.05) is 11.3 Å². The van der Waals surface area contributed by atoms with Crippen molar-refractivity contribution >= 4 is 22.8 Å². The van der Waals surface area contributed by atoms with Crippen LogP contribution in [0.5, 0.6) is 0 Å². The summed E-state index contributed by atoms with van der Waals surface area (Å²) in [6, 6.07) is 2.17. The second-order valence-electron chi connectivity index (χ2n) is 4.75. The molecule has 1 spiro atoms. The Morgan fingerprint density at radius 1 is 1.44 bits per heavy atom. The minimum absolute atomic E-state index is 0.204. The normalized spacial score (nSPS) is 25.1. The Balaban J connectivity index is 1.98. The predicted octanol–water partition coefficient (Wildman–Crippen LogP) is 2.01. The number of rotatable bonds is 0. The zero-order valence-electron chi connectivity index (χ0n) is 10.3. The quantitative estimate of drug-likeness (QED) is 0.724. The molecule has 1 saturated carbocycles. The highest BCUT2D eigenvalue weighted by atomic mass is 32.2. The molecule has 0 radical (unpaired) electrons. The van der Waals surface area contributed by atoms with E-state index in [4.69, 9.17) is 10.3 Å². The average molecular weight is 261 g/mol. The van der Waals surface area contributed by atoms with E-state index in [1.54, 1.807) is 18.0 Å². The first kappa shape index (κ1) is 11.8. The lowest BCUT2D eigenvalue weighted by Gasteiger charge is -2.32. The molecule has 0 aromatic carbocycles. The molecule has 94 valence electrons. The third-order valence-corrected chi connectivity index (χ3v) is 4.22. The number of hydrogen-bond acceptors (Lipinski definition) is 6. The number of nitriles is 1. The van der Waals surface area contributed by atoms with Crippen molar-refractivity contribution in [3.63, 3.8) is 0 Å². The van der Waals surface area contributed by atoms with Crippen LogP contribution in [0.1, 0.15) is 32.1 Å². The van der Waals surface area contributed by atoms with Gasteiger partial charge in [0.2, 0.25) is 0 Å². The highest BCUT2D eigenvalue weighted by molar-refractivity contribution is 8.13. The summed E-state index contributed by atoms with van der Waals surface area (Å²) in [6.07, 6.45) is 9.32. The van der Waals surface area contributed by atoms with Crippen molar-refractivity contribution in [3.8, 4) is 6.07 Å². The van der Waals surface area contributed by atoms with Crippen molar-refractivity contribution in [2.45, 2.75) is 37.8 Å². The summed E-state index contributed by atoms with van der Waals surface area (Å²) in [7, 11) is 0. The first-order valence-electron chi connectivity index (χ1n) is 6.18. The molecule has 2 aliphatic heterocycles. The third kappa shape index (κ3) is 1.74. The van der Waals surface area contributed by atoms with Gasteiger partial charge in [-0.25, -0.2) is 15.0 Å². The lowest BCUT2D eigenvalue weighted by molar-refractivity contribution is 0.209. The van der Waals surface area contributed by atoms with Gasteiger partial charge in [0.05, 0.1) is 6.20 Å². The van der Waals surface area contributed by atoms with E-state index in [-0.39, 0.29) is 5.66 Å². The summed E-state index contributed by atoms with van der Waals surface area (Å²) in [5.41, 5.74) is 3.80. The van der Waals surface area contributed by atoms with Crippen LogP contribution >= 0.6 is 11.8 Å². The molecule has 1 N–H and O–H groups in total. The molecular weight excluding hydrogens is 246 g/mol. The highest BCUT2D eigenvalue weighted by Crippen LogP contribution is 2.35. The van der Waals surface area contributed by atoms with Gasteiger partial charge in [0, 0.05) is 0 Å². The van der Waals surface area contributed by atoms with E-state index >= 15 is 0 Å². The Morgan fingerprint density at radius 3 is 2.89 bits per heavy atom. The molecule has 2 heterocycles. The molecular formula is C12H15N5S. The summed E-state index contributed by atoms with van der Waals surface area (Å²) < 4.78 is 0. The maximum Gasteiger partial charge on any atom is 0.184 e. The number of aliphatic imine (C=N–C) groups is 2. The van der Waals surface area contributed by atoms with Crippen LogP contribution in [0, 0.1) is 11.3 Å². The van der Waals surface area contributed by atoms with Crippen molar-refractivity contribution in [2.24, 2.45) is 9.98 Å². The molecule has 0 amide bonds. The molecule has 0 atom stereocenters. The van der Waals surface area contributed by atoms with Gasteiger partial charge < -0.3 is 0 Å². The van der Waals surface area contributed by atoms with Gasteiger partial charge in [0.1, 0.15) is 17.3 Å². The van der Waals surface area contributed by atoms with Gasteiger partial charge in [0.25, 0.3) is 0 Å². The average Bonchev–Trinajstić information content (AvgIpc) is 2.77. The number of nitrogens with zero attached hydrogens (tertiary/aromatic N) is 4. The Morgan fingerprint density at radius 2 is 2.22 bits per heavy atom. The SMILES string of the molecule is CSC1=NC=C(C#N)C2=NC3(CCCCC3)NN12. The molecule has 1 aliphatic carbocycles. The van der Waals surface area contributed by atoms with E-state index in [0.717, 1.165) is 23.8 Å². The molecule has 1 fully saturated rings. The summed E-state index contributed by atoms with van der Waals surface area (Å²) in [5.74, 6) is 0.735. The van der Waals surface area contributed by atoms with E-state index in [1.165, 1.54) is 19.3 Å². The van der Waals surface area contributed by atoms with Gasteiger partial charge in [-0.2, -0.15) is 10.7 Å². The molecule has 3 rings (SSSR count). The molecule has 0 saturated heterocycles. The number of fused-ring (bicyclic) bond motifs is 1. The fourth-order valence-electron chi connectivity index (χ4n) is 2.68. The van der Waals surface area contributed by atoms with Crippen LogP contribution < -0.4 is 5.43 Å². The number of thioether (sulfide) groups is 1. The summed E-state index contributed by atoms with van der Waals surface area (Å²) >= 11 is 1.56. The van der Waals surface area contributed by atoms with Gasteiger partial charge in [0.15, 0.2) is 11.0 Å². The summed E-state index contributed by atoms with van der Waals surface area (Å²) in [5, 5.41) is 11.9. The minimum Gasteiger partial charge on any atom is -0.242 e. The molecule has 3 aliphatic rings. The summed E-state index contributed by atoms with van der Waals surface area (Å²) in [6.45, 7) is 0. The Kier molecular flexibility index (Phi) is 2.88. The van der Waals surface area contributed by atoms with E-state index in [0.29, 0.717) is 5.57 Å². The van der Waals surface area contributed by atoms with Gasteiger partial charge >= 0.3 is 0 Å². The largest absolute Gasteiger partial charge is 0.242 e. The molecule has 5 nitrogen and oxygen atoms in total. The van der Waals surface area contributed by atoms with Crippen molar-refractivity contribution in [1.82, 2.24) is 10.4 Å². The fraction of sp³-hybridized carbons (Fsp3) is 0.583. The smallest absolute Gasteiger partial charge is 0.184 e. The number of hydrogen-bond donors (Lipinski definition) is 1. The monoisotopic (exact) mass is 261 g/mol. The van der Waals surface area contributed by atoms with Crippen molar-refractivity contribution in [2.75, 3.05) is 6.26 Å². The number of hydrazine groups is 1. The first-order valence-corrected chi connectivity index (χ1v) is 7.41. The Bertz CT molecular complexity index is 493. The maximum atomic E-state index is 9.15. The van der Waals surface area contributed by atoms with E-state index in [2.05, 4.69) is 16.5 Å². The lowest BCUT2D eigenvalue weighted by atomic mass is 9.90. The fourth-order valence-corrected chi connectivity index (χ4v) is 3.15. The van der Waals surface area contributed by atoms with Gasteiger partial charge in [-0.3, -0.25) is 0 Å². The van der Waals surface area contributed by atoms with Crippen LogP contribution in [0.3, 0.4) is 0 Å². The molecule has 0 unspecified atom stereocenters. The van der Waals surface area contributed by atoms with Crippen molar-refractivity contribution in [3.05, 3.63) is 11.8 Å². The molecule has 0 bridgehead atoms. The number of nitrogens with one attached hydrogen (secondary N) is 1. The van der Waals surface area contributed by atoms with Gasteiger partial charge in [-0.1, -0.05) is 18.2 Å². The maximum absolute atomic E-state index is 9.15. The zero-order valence-corrected chi connectivity index (χ0v) is 11.1. The molecule has 0 aromatic rings. The van der Waals surface area contributed by atoms with Crippen LogP contribution in [-0.2, 0) is 0 Å². The van der Waals surface area contributed by atoms with Crippen LogP contribution in [0.4, 0.5) is 0 Å². The zero-order chi connectivity index (χ0) is 12.6. The Labute approximate surface area is 111 Å². The second kappa shape index (κ2) is 4.41. The van der Waals surface area contributed by atoms with Crippen LogP contribution in [0.25, 0.3) is 0 Å². The molecule has 0 aromatic heterocycles. The van der Waals surface area contributed by atoms with Crippen molar-refractivity contribution in [1.29, 1.82) is 5.26 Å². The summed E-state index contributed by atoms with van der Waals surface area (Å²) in [4.78, 5) is 9.10.